The van der Waals surface area contributed by atoms with Gasteiger partial charge in [0.15, 0.2) is 0 Å². The van der Waals surface area contributed by atoms with Crippen LogP contribution in [0.1, 0.15) is 38.3 Å². The predicted molar refractivity (Wildman–Crippen MR) is 73.3 cm³/mol. The highest BCUT2D eigenvalue weighted by Crippen LogP contribution is 2.34. The lowest BCUT2D eigenvalue weighted by atomic mass is 9.91. The molecule has 0 fully saturated rings. The van der Waals surface area contributed by atoms with Crippen molar-refractivity contribution in [1.82, 2.24) is 5.32 Å². The van der Waals surface area contributed by atoms with E-state index in [1.807, 2.05) is 13.8 Å². The molecule has 0 radical (unpaired) electrons. The number of hydrogen-bond acceptors (Lipinski definition) is 2. The van der Waals surface area contributed by atoms with Crippen molar-refractivity contribution in [2.45, 2.75) is 39.0 Å². The van der Waals surface area contributed by atoms with E-state index in [0.29, 0.717) is 18.5 Å². The Kier molecular flexibility index (Phi) is 5.75. The lowest BCUT2D eigenvalue weighted by Gasteiger charge is -2.25. The highest BCUT2D eigenvalue weighted by Gasteiger charge is 2.35. The first-order valence-corrected chi connectivity index (χ1v) is 6.84. The molecule has 0 aliphatic rings. The fraction of sp³-hybridized carbons (Fsp3) is 0.600. The topological polar surface area (TPSA) is 32.3 Å². The number of aliphatic hydroxyl groups is 1. The normalized spacial score (nSPS) is 15.3. The van der Waals surface area contributed by atoms with Crippen LogP contribution in [0.3, 0.4) is 0 Å². The van der Waals surface area contributed by atoms with Crippen molar-refractivity contribution in [2.75, 3.05) is 13.1 Å². The second kappa shape index (κ2) is 6.75. The number of halogens is 4. The molecule has 1 rings (SSSR count). The predicted octanol–water partition coefficient (Wildman–Crippen LogP) is 3.69. The molecule has 0 saturated heterocycles. The van der Waals surface area contributed by atoms with Gasteiger partial charge in [-0.3, -0.25) is 0 Å². The second-order valence-corrected chi connectivity index (χ2v) is 5.81. The van der Waals surface area contributed by atoms with Crippen LogP contribution >= 0.6 is 0 Å². The van der Waals surface area contributed by atoms with Gasteiger partial charge in [0.2, 0.25) is 0 Å². The van der Waals surface area contributed by atoms with Crippen molar-refractivity contribution < 1.29 is 22.7 Å². The van der Waals surface area contributed by atoms with Crippen molar-refractivity contribution in [2.24, 2.45) is 5.92 Å². The lowest BCUT2D eigenvalue weighted by molar-refractivity contribution is -0.140. The molecule has 2 N–H and O–H groups in total. The Labute approximate surface area is 122 Å². The Morgan fingerprint density at radius 3 is 2.33 bits per heavy atom. The summed E-state index contributed by atoms with van der Waals surface area (Å²) in [5, 5.41) is 13.4. The van der Waals surface area contributed by atoms with Gasteiger partial charge in [0.1, 0.15) is 5.82 Å². The Hall–Kier alpha value is -1.14. The molecule has 21 heavy (non-hydrogen) atoms. The summed E-state index contributed by atoms with van der Waals surface area (Å²) in [5.41, 5.74) is -2.56. The van der Waals surface area contributed by atoms with Crippen molar-refractivity contribution in [3.63, 3.8) is 0 Å². The van der Waals surface area contributed by atoms with Crippen LogP contribution in [-0.4, -0.2) is 18.2 Å². The molecule has 0 saturated carbocycles. The Bertz CT molecular complexity index is 469. The minimum atomic E-state index is -4.73. The Morgan fingerprint density at radius 1 is 1.24 bits per heavy atom. The number of alkyl halides is 3. The molecule has 1 atom stereocenters. The van der Waals surface area contributed by atoms with Gasteiger partial charge in [-0.1, -0.05) is 19.9 Å². The standard InChI is InChI=1S/C15H21F4NO/c1-10(2)9-20-7-6-14(3,21)11-4-5-12(13(16)8-11)15(17,18)19/h4-5,8,10,20-21H,6-7,9H2,1-3H3. The zero-order valence-corrected chi connectivity index (χ0v) is 12.4. The van der Waals surface area contributed by atoms with Crippen molar-refractivity contribution >= 4 is 0 Å². The minimum absolute atomic E-state index is 0.138. The summed E-state index contributed by atoms with van der Waals surface area (Å²) in [5.74, 6) is -0.908. The molecule has 2 nitrogen and oxygen atoms in total. The fourth-order valence-corrected chi connectivity index (χ4v) is 1.95. The van der Waals surface area contributed by atoms with E-state index < -0.39 is 23.2 Å². The van der Waals surface area contributed by atoms with Gasteiger partial charge in [0, 0.05) is 0 Å². The summed E-state index contributed by atoms with van der Waals surface area (Å²) in [6, 6.07) is 2.54. The first-order valence-electron chi connectivity index (χ1n) is 6.84. The molecule has 0 heterocycles. The Balaban J connectivity index is 2.77. The molecule has 0 amide bonds. The van der Waals surface area contributed by atoms with Gasteiger partial charge in [-0.15, -0.1) is 0 Å². The summed E-state index contributed by atoms with van der Waals surface area (Å²) in [6.07, 6.45) is -4.45. The molecule has 6 heteroatoms. The minimum Gasteiger partial charge on any atom is -0.385 e. The van der Waals surface area contributed by atoms with Gasteiger partial charge < -0.3 is 10.4 Å². The van der Waals surface area contributed by atoms with E-state index in [0.717, 1.165) is 18.7 Å². The average molecular weight is 307 g/mol. The van der Waals surface area contributed by atoms with E-state index in [4.69, 9.17) is 0 Å². The fourth-order valence-electron chi connectivity index (χ4n) is 1.95. The largest absolute Gasteiger partial charge is 0.419 e. The summed E-state index contributed by atoms with van der Waals surface area (Å²) in [4.78, 5) is 0. The van der Waals surface area contributed by atoms with E-state index in [1.54, 1.807) is 0 Å². The van der Waals surface area contributed by atoms with Crippen LogP contribution in [0, 0.1) is 11.7 Å². The van der Waals surface area contributed by atoms with Crippen LogP contribution in [-0.2, 0) is 11.8 Å². The van der Waals surface area contributed by atoms with Gasteiger partial charge in [-0.2, -0.15) is 13.2 Å². The highest BCUT2D eigenvalue weighted by molar-refractivity contribution is 5.30. The molecule has 1 aromatic rings. The van der Waals surface area contributed by atoms with Crippen LogP contribution in [0.4, 0.5) is 17.6 Å². The van der Waals surface area contributed by atoms with E-state index in [-0.39, 0.29) is 12.0 Å². The lowest BCUT2D eigenvalue weighted by Crippen LogP contribution is -2.29. The van der Waals surface area contributed by atoms with Crippen LogP contribution in [0.2, 0.25) is 0 Å². The third-order valence-electron chi connectivity index (χ3n) is 3.24. The summed E-state index contributed by atoms with van der Waals surface area (Å²) in [6.45, 7) is 6.81. The van der Waals surface area contributed by atoms with Crippen LogP contribution < -0.4 is 5.32 Å². The highest BCUT2D eigenvalue weighted by atomic mass is 19.4. The molecule has 0 aromatic heterocycles. The monoisotopic (exact) mass is 307 g/mol. The molecular weight excluding hydrogens is 286 g/mol. The second-order valence-electron chi connectivity index (χ2n) is 5.81. The molecule has 0 aliphatic heterocycles. The maximum Gasteiger partial charge on any atom is 0.419 e. The van der Waals surface area contributed by atoms with Gasteiger partial charge in [-0.05, 0) is 50.0 Å². The molecule has 0 bridgehead atoms. The number of benzene rings is 1. The summed E-state index contributed by atoms with van der Waals surface area (Å²) in [7, 11) is 0. The van der Waals surface area contributed by atoms with Gasteiger partial charge in [-0.25, -0.2) is 4.39 Å². The SMILES string of the molecule is CC(C)CNCCC(C)(O)c1ccc(C(F)(F)F)c(F)c1. The van der Waals surface area contributed by atoms with Gasteiger partial charge >= 0.3 is 6.18 Å². The van der Waals surface area contributed by atoms with E-state index in [9.17, 15) is 22.7 Å². The summed E-state index contributed by atoms with van der Waals surface area (Å²) < 4.78 is 51.0. The number of hydrogen-bond donors (Lipinski definition) is 2. The maximum atomic E-state index is 13.5. The van der Waals surface area contributed by atoms with Gasteiger partial charge in [0.25, 0.3) is 0 Å². The van der Waals surface area contributed by atoms with Crippen molar-refractivity contribution in [3.8, 4) is 0 Å². The number of nitrogens with one attached hydrogen (secondary N) is 1. The molecule has 1 unspecified atom stereocenters. The van der Waals surface area contributed by atoms with Crippen molar-refractivity contribution in [1.29, 1.82) is 0 Å². The molecule has 1 aromatic carbocycles. The first-order chi connectivity index (χ1) is 9.54. The first kappa shape index (κ1) is 17.9. The van der Waals surface area contributed by atoms with E-state index in [2.05, 4.69) is 5.32 Å². The third-order valence-corrected chi connectivity index (χ3v) is 3.24. The maximum absolute atomic E-state index is 13.5. The van der Waals surface area contributed by atoms with E-state index in [1.165, 1.54) is 6.92 Å². The van der Waals surface area contributed by atoms with Crippen LogP contribution in [0.25, 0.3) is 0 Å². The van der Waals surface area contributed by atoms with Crippen LogP contribution in [0.5, 0.6) is 0 Å². The Morgan fingerprint density at radius 2 is 1.86 bits per heavy atom. The van der Waals surface area contributed by atoms with Crippen molar-refractivity contribution in [3.05, 3.63) is 35.1 Å². The molecule has 120 valence electrons. The quantitative estimate of drug-likeness (QED) is 0.620. The zero-order chi connectivity index (χ0) is 16.3. The zero-order valence-electron chi connectivity index (χ0n) is 12.4. The summed E-state index contributed by atoms with van der Waals surface area (Å²) >= 11 is 0. The smallest absolute Gasteiger partial charge is 0.385 e. The molecule has 0 aliphatic carbocycles. The average Bonchev–Trinajstić information content (AvgIpc) is 2.32. The van der Waals surface area contributed by atoms with Gasteiger partial charge in [0.05, 0.1) is 11.2 Å². The van der Waals surface area contributed by atoms with E-state index >= 15 is 0 Å². The number of rotatable bonds is 6. The third kappa shape index (κ3) is 5.28. The molecule has 0 spiro atoms. The van der Waals surface area contributed by atoms with Crippen LogP contribution in [0.15, 0.2) is 18.2 Å². The molecular formula is C15H21F4NO.